The average molecular weight is 478 g/mol. The Morgan fingerprint density at radius 3 is 2.77 bits per heavy atom. The van der Waals surface area contributed by atoms with Crippen LogP contribution in [0.15, 0.2) is 47.3 Å². The Morgan fingerprint density at radius 2 is 2.14 bits per heavy atom. The number of alkyl halides is 1. The van der Waals surface area contributed by atoms with E-state index in [0.29, 0.717) is 43.7 Å². The van der Waals surface area contributed by atoms with Crippen molar-refractivity contribution in [3.8, 4) is 17.5 Å². The van der Waals surface area contributed by atoms with Crippen molar-refractivity contribution >= 4 is 11.7 Å². The van der Waals surface area contributed by atoms with Gasteiger partial charge in [-0.15, -0.1) is 0 Å². The van der Waals surface area contributed by atoms with Crippen LogP contribution in [0.1, 0.15) is 41.6 Å². The number of hydrogen-bond donors (Lipinski definition) is 2. The number of likely N-dealkylation sites (tertiary alicyclic amines) is 1. The third-order valence-corrected chi connectivity index (χ3v) is 6.98. The van der Waals surface area contributed by atoms with Gasteiger partial charge in [0, 0.05) is 37.9 Å². The molecule has 182 valence electrons. The van der Waals surface area contributed by atoms with Crippen molar-refractivity contribution < 1.29 is 13.6 Å². The second-order valence-electron chi connectivity index (χ2n) is 9.45. The number of aromatic nitrogens is 3. The molecule has 9 nitrogen and oxygen atoms in total. The number of nitrogens with one attached hydrogen (secondary N) is 1. The average Bonchev–Trinajstić information content (AvgIpc) is 3.32. The van der Waals surface area contributed by atoms with Gasteiger partial charge >= 0.3 is 0 Å². The normalized spacial score (nSPS) is 22.6. The predicted octanol–water partition coefficient (Wildman–Crippen LogP) is 3.31. The Balaban J connectivity index is 1.31. The van der Waals surface area contributed by atoms with Crippen molar-refractivity contribution in [2.45, 2.75) is 43.9 Å². The van der Waals surface area contributed by atoms with Gasteiger partial charge in [-0.1, -0.05) is 12.1 Å². The molecule has 2 atom stereocenters. The molecule has 3 N–H and O–H groups in total. The molecular formula is C25H28FN7O2. The molecule has 1 saturated heterocycles. The van der Waals surface area contributed by atoms with E-state index in [-0.39, 0.29) is 18.5 Å². The van der Waals surface area contributed by atoms with E-state index in [4.69, 9.17) is 10.2 Å². The van der Waals surface area contributed by atoms with Crippen LogP contribution in [0.5, 0.6) is 0 Å². The molecule has 3 heterocycles. The lowest BCUT2D eigenvalue weighted by Crippen LogP contribution is -2.54. The van der Waals surface area contributed by atoms with Crippen molar-refractivity contribution in [1.29, 1.82) is 5.26 Å². The number of nitrogens with zero attached hydrogens (tertiary/aromatic N) is 5. The summed E-state index contributed by atoms with van der Waals surface area (Å²) in [6, 6.07) is 9.97. The number of amides is 1. The number of hydrogen-bond acceptors (Lipinski definition) is 7. The fourth-order valence-corrected chi connectivity index (χ4v) is 4.67. The molecule has 1 amide bonds. The summed E-state index contributed by atoms with van der Waals surface area (Å²) in [6.07, 6.45) is 5.91. The molecule has 1 aromatic carbocycles. The zero-order valence-electron chi connectivity index (χ0n) is 19.4. The second-order valence-corrected chi connectivity index (χ2v) is 9.45. The lowest BCUT2D eigenvalue weighted by Gasteiger charge is -2.43. The fourth-order valence-electron chi connectivity index (χ4n) is 4.67. The van der Waals surface area contributed by atoms with E-state index in [2.05, 4.69) is 21.5 Å². The van der Waals surface area contributed by atoms with E-state index in [1.165, 1.54) is 17.1 Å². The minimum absolute atomic E-state index is 0.0468. The lowest BCUT2D eigenvalue weighted by molar-refractivity contribution is 0.00694. The van der Waals surface area contributed by atoms with E-state index in [1.807, 2.05) is 29.2 Å². The number of oxazole rings is 1. The van der Waals surface area contributed by atoms with Gasteiger partial charge in [0.25, 0.3) is 5.91 Å². The molecule has 2 aliphatic rings. The van der Waals surface area contributed by atoms with E-state index < -0.39 is 17.6 Å². The summed E-state index contributed by atoms with van der Waals surface area (Å²) >= 11 is 0. The number of benzene rings is 1. The molecule has 0 spiro atoms. The van der Waals surface area contributed by atoms with Crippen LogP contribution in [0, 0.1) is 17.2 Å². The van der Waals surface area contributed by atoms with Gasteiger partial charge in [-0.2, -0.15) is 10.4 Å². The summed E-state index contributed by atoms with van der Waals surface area (Å²) in [4.78, 5) is 18.2. The van der Waals surface area contributed by atoms with Gasteiger partial charge < -0.3 is 15.5 Å². The minimum Gasteiger partial charge on any atom is -0.445 e. The number of primary amides is 1. The summed E-state index contributed by atoms with van der Waals surface area (Å²) in [7, 11) is 0. The van der Waals surface area contributed by atoms with Crippen molar-refractivity contribution in [2.24, 2.45) is 11.7 Å². The highest BCUT2D eigenvalue weighted by Gasteiger charge is 2.46. The van der Waals surface area contributed by atoms with Gasteiger partial charge in [0.05, 0.1) is 18.7 Å². The van der Waals surface area contributed by atoms with Crippen LogP contribution in [0.2, 0.25) is 0 Å². The molecule has 2 aromatic heterocycles. The van der Waals surface area contributed by atoms with Crippen molar-refractivity contribution in [3.63, 3.8) is 0 Å². The Labute approximate surface area is 202 Å². The largest absolute Gasteiger partial charge is 0.445 e. The van der Waals surface area contributed by atoms with E-state index in [9.17, 15) is 10.1 Å². The molecular weight excluding hydrogens is 449 g/mol. The molecule has 0 bridgehead atoms. The maximum absolute atomic E-state index is 15.8. The maximum atomic E-state index is 15.8. The van der Waals surface area contributed by atoms with E-state index in [1.54, 1.807) is 6.20 Å². The van der Waals surface area contributed by atoms with Gasteiger partial charge in [0.1, 0.15) is 23.5 Å². The third kappa shape index (κ3) is 4.77. The summed E-state index contributed by atoms with van der Waals surface area (Å²) < 4.78 is 22.6. The van der Waals surface area contributed by atoms with Crippen LogP contribution in [-0.4, -0.2) is 51.4 Å². The number of carbonyl (C=O) groups excluding carboxylic acids is 1. The monoisotopic (exact) mass is 477 g/mol. The molecule has 1 aliphatic carbocycles. The number of carbonyl (C=O) groups is 1. The lowest BCUT2D eigenvalue weighted by atomic mass is 9.83. The first kappa shape index (κ1) is 23.1. The molecule has 2 fully saturated rings. The predicted molar refractivity (Wildman–Crippen MR) is 127 cm³/mol. The Morgan fingerprint density at radius 1 is 1.34 bits per heavy atom. The number of rotatable bonds is 9. The zero-order valence-corrected chi connectivity index (χ0v) is 19.4. The molecule has 3 aromatic rings. The Bertz CT molecular complexity index is 1210. The molecule has 35 heavy (non-hydrogen) atoms. The Kier molecular flexibility index (Phi) is 6.26. The van der Waals surface area contributed by atoms with E-state index >= 15 is 4.39 Å². The number of nitriles is 1. The van der Waals surface area contributed by atoms with Gasteiger partial charge in [0.15, 0.2) is 5.82 Å². The number of halogens is 1. The SMILES string of the molecule is N#CCC1(n2cc(C(N)=O)c(NCC3CC3)n2)CCN(Cc2ccc(-c3ncco3)cc2)CC1F. The third-order valence-electron chi connectivity index (χ3n) is 6.98. The molecule has 1 saturated carbocycles. The standard InChI is InChI=1S/C25H28FN7O2/c26-21-16-32(14-18-3-5-19(6-4-18)24-29-10-12-35-24)11-8-25(21,7-9-27)33-15-20(22(28)34)23(31-33)30-13-17-1-2-17/h3-6,10,12,15,17,21H,1-2,7-8,11,13-14,16H2,(H2,28,34)(H,30,31). The second kappa shape index (κ2) is 9.50. The minimum atomic E-state index is -1.35. The molecule has 10 heteroatoms. The van der Waals surface area contributed by atoms with Crippen LogP contribution in [-0.2, 0) is 12.1 Å². The van der Waals surface area contributed by atoms with Gasteiger partial charge in [-0.05, 0) is 42.9 Å². The van der Waals surface area contributed by atoms with Gasteiger partial charge in [-0.3, -0.25) is 14.4 Å². The Hall–Kier alpha value is -3.71. The first-order chi connectivity index (χ1) is 17.0. The maximum Gasteiger partial charge on any atom is 0.254 e. The molecule has 5 rings (SSSR count). The molecule has 0 radical (unpaired) electrons. The summed E-state index contributed by atoms with van der Waals surface area (Å²) in [5, 5.41) is 17.3. The van der Waals surface area contributed by atoms with E-state index in [0.717, 1.165) is 24.0 Å². The van der Waals surface area contributed by atoms with Crippen LogP contribution < -0.4 is 11.1 Å². The van der Waals surface area contributed by atoms with Crippen LogP contribution in [0.25, 0.3) is 11.5 Å². The van der Waals surface area contributed by atoms with Crippen molar-refractivity contribution in [1.82, 2.24) is 19.7 Å². The first-order valence-corrected chi connectivity index (χ1v) is 11.8. The quantitative estimate of drug-likeness (QED) is 0.484. The highest BCUT2D eigenvalue weighted by Crippen LogP contribution is 2.37. The topological polar surface area (TPSA) is 126 Å². The van der Waals surface area contributed by atoms with Crippen molar-refractivity contribution in [2.75, 3.05) is 25.0 Å². The van der Waals surface area contributed by atoms with Crippen LogP contribution >= 0.6 is 0 Å². The van der Waals surface area contributed by atoms with Crippen LogP contribution in [0.3, 0.4) is 0 Å². The zero-order chi connectivity index (χ0) is 24.4. The van der Waals surface area contributed by atoms with Crippen LogP contribution in [0.4, 0.5) is 10.2 Å². The molecule has 1 aliphatic heterocycles. The highest BCUT2D eigenvalue weighted by molar-refractivity contribution is 5.97. The number of piperidine rings is 1. The number of anilines is 1. The van der Waals surface area contributed by atoms with Gasteiger partial charge in [0.2, 0.25) is 5.89 Å². The summed E-state index contributed by atoms with van der Waals surface area (Å²) in [5.74, 6) is 0.862. The van der Waals surface area contributed by atoms with Gasteiger partial charge in [-0.25, -0.2) is 9.37 Å². The smallest absolute Gasteiger partial charge is 0.254 e. The first-order valence-electron chi connectivity index (χ1n) is 11.8. The summed E-state index contributed by atoms with van der Waals surface area (Å²) in [5.41, 5.74) is 6.57. The number of nitrogens with two attached hydrogens (primary N) is 1. The fraction of sp³-hybridized carbons (Fsp3) is 0.440. The highest BCUT2D eigenvalue weighted by atomic mass is 19.1. The molecule has 2 unspecified atom stereocenters. The van der Waals surface area contributed by atoms with Crippen molar-refractivity contribution in [3.05, 3.63) is 54.0 Å². The summed E-state index contributed by atoms with van der Waals surface area (Å²) in [6.45, 7) is 2.01.